The lowest BCUT2D eigenvalue weighted by atomic mass is 10.1. The van der Waals surface area contributed by atoms with E-state index in [0.29, 0.717) is 5.76 Å². The van der Waals surface area contributed by atoms with Crippen LogP contribution in [0.5, 0.6) is 0 Å². The second-order valence-electron chi connectivity index (χ2n) is 4.10. The average molecular weight is 323 g/mol. The highest BCUT2D eigenvalue weighted by Gasteiger charge is 2.26. The van der Waals surface area contributed by atoms with Gasteiger partial charge in [0.25, 0.3) is 0 Å². The van der Waals surface area contributed by atoms with Crippen LogP contribution in [0.4, 0.5) is 5.88 Å². The van der Waals surface area contributed by atoms with Crippen molar-refractivity contribution in [1.29, 1.82) is 5.26 Å². The largest absolute Gasteiger partial charge is 0.433 e. The molecule has 1 aromatic heterocycles. The monoisotopic (exact) mass is 322 g/mol. The average Bonchev–Trinajstić information content (AvgIpc) is 2.86. The molecular formula is C11H16Cl2N4O3. The maximum atomic E-state index is 10.6. The lowest BCUT2D eigenvalue weighted by Crippen LogP contribution is -2.45. The molecule has 1 fully saturated rings. The fourth-order valence-electron chi connectivity index (χ4n) is 2.11. The highest BCUT2D eigenvalue weighted by Crippen LogP contribution is 2.28. The molecule has 2 rings (SSSR count). The summed E-state index contributed by atoms with van der Waals surface area (Å²) in [6, 6.07) is 4.83. The van der Waals surface area contributed by atoms with E-state index in [0.717, 1.165) is 26.2 Å². The third-order valence-electron chi connectivity index (χ3n) is 3.00. The second kappa shape index (κ2) is 8.76. The van der Waals surface area contributed by atoms with Crippen LogP contribution in [0.3, 0.4) is 0 Å². The summed E-state index contributed by atoms with van der Waals surface area (Å²) in [5, 5.41) is 22.7. The quantitative estimate of drug-likeness (QED) is 0.671. The summed E-state index contributed by atoms with van der Waals surface area (Å²) in [5.41, 5.74) is 0. The Bertz CT molecular complexity index is 468. The Balaban J connectivity index is 0.00000180. The number of rotatable bonds is 4. The van der Waals surface area contributed by atoms with Crippen molar-refractivity contribution < 1.29 is 9.34 Å². The fraction of sp³-hybridized carbons (Fsp3) is 0.545. The molecule has 112 valence electrons. The van der Waals surface area contributed by atoms with Crippen molar-refractivity contribution in [3.63, 3.8) is 0 Å². The molecule has 1 aromatic rings. The summed E-state index contributed by atoms with van der Waals surface area (Å²) < 4.78 is 5.20. The van der Waals surface area contributed by atoms with Crippen LogP contribution in [0.25, 0.3) is 0 Å². The van der Waals surface area contributed by atoms with Gasteiger partial charge in [0, 0.05) is 26.2 Å². The van der Waals surface area contributed by atoms with Crippen molar-refractivity contribution in [2.24, 2.45) is 0 Å². The van der Waals surface area contributed by atoms with E-state index >= 15 is 0 Å². The van der Waals surface area contributed by atoms with Gasteiger partial charge in [-0.3, -0.25) is 15.0 Å². The van der Waals surface area contributed by atoms with E-state index in [9.17, 15) is 10.1 Å². The first-order chi connectivity index (χ1) is 8.72. The number of hydrogen-bond acceptors (Lipinski definition) is 6. The van der Waals surface area contributed by atoms with Gasteiger partial charge in [0.15, 0.2) is 0 Å². The van der Waals surface area contributed by atoms with Crippen LogP contribution in [0.2, 0.25) is 0 Å². The van der Waals surface area contributed by atoms with Crippen LogP contribution in [-0.2, 0) is 0 Å². The lowest BCUT2D eigenvalue weighted by Gasteiger charge is -2.32. The van der Waals surface area contributed by atoms with Crippen LogP contribution < -0.4 is 5.32 Å². The van der Waals surface area contributed by atoms with Crippen molar-refractivity contribution in [1.82, 2.24) is 10.2 Å². The highest BCUT2D eigenvalue weighted by atomic mass is 35.5. The lowest BCUT2D eigenvalue weighted by molar-refractivity contribution is -0.402. The van der Waals surface area contributed by atoms with Gasteiger partial charge in [-0.1, -0.05) is 0 Å². The zero-order chi connectivity index (χ0) is 13.0. The van der Waals surface area contributed by atoms with Crippen LogP contribution in [0, 0.1) is 21.4 Å². The summed E-state index contributed by atoms with van der Waals surface area (Å²) >= 11 is 0. The molecule has 1 saturated heterocycles. The Morgan fingerprint density at radius 2 is 2.10 bits per heavy atom. The molecular weight excluding hydrogens is 307 g/mol. The molecule has 0 aromatic carbocycles. The molecule has 2 heterocycles. The normalized spacial score (nSPS) is 16.4. The summed E-state index contributed by atoms with van der Waals surface area (Å²) in [5.74, 6) is 0.216. The number of hydrogen-bond donors (Lipinski definition) is 1. The predicted octanol–water partition coefficient (Wildman–Crippen LogP) is 1.89. The second-order valence-corrected chi connectivity index (χ2v) is 4.10. The van der Waals surface area contributed by atoms with Gasteiger partial charge in [0.1, 0.15) is 10.7 Å². The minimum absolute atomic E-state index is 0. The number of piperazine rings is 1. The molecule has 0 radical (unpaired) electrons. The third kappa shape index (κ3) is 4.35. The standard InChI is InChI=1S/C11H14N4O3.2ClH/c12-4-3-9(14-7-5-13-6-8-14)10-1-2-11(18-10)15(16)17;;/h1-2,9,13H,3,5-8H2;2*1H/t9-;;/m0../s1. The zero-order valence-corrected chi connectivity index (χ0v) is 12.3. The zero-order valence-electron chi connectivity index (χ0n) is 10.7. The van der Waals surface area contributed by atoms with Gasteiger partial charge in [-0.25, -0.2) is 0 Å². The Kier molecular flexibility index (Phi) is 8.18. The first-order valence-electron chi connectivity index (χ1n) is 5.78. The molecule has 0 saturated carbocycles. The fourth-order valence-corrected chi connectivity index (χ4v) is 2.11. The molecule has 20 heavy (non-hydrogen) atoms. The molecule has 0 amide bonds. The number of furan rings is 1. The Hall–Kier alpha value is -1.33. The molecule has 1 atom stereocenters. The minimum Gasteiger partial charge on any atom is -0.404 e. The predicted molar refractivity (Wildman–Crippen MR) is 77.3 cm³/mol. The van der Waals surface area contributed by atoms with Crippen LogP contribution in [-0.4, -0.2) is 36.0 Å². The van der Waals surface area contributed by atoms with Crippen LogP contribution in [0.1, 0.15) is 18.2 Å². The van der Waals surface area contributed by atoms with Crippen molar-refractivity contribution in [3.05, 3.63) is 28.0 Å². The molecule has 0 bridgehead atoms. The SMILES string of the molecule is Cl.Cl.N#CC[C@@H](c1ccc([N+](=O)[O-])o1)N1CCNCC1. The number of halogens is 2. The Morgan fingerprint density at radius 1 is 1.45 bits per heavy atom. The molecule has 0 spiro atoms. The number of nitro groups is 1. The van der Waals surface area contributed by atoms with E-state index in [4.69, 9.17) is 9.68 Å². The van der Waals surface area contributed by atoms with Crippen molar-refractivity contribution in [2.75, 3.05) is 26.2 Å². The highest BCUT2D eigenvalue weighted by molar-refractivity contribution is 5.85. The van der Waals surface area contributed by atoms with Gasteiger partial charge in [-0.05, 0) is 6.07 Å². The maximum Gasteiger partial charge on any atom is 0.433 e. The molecule has 7 nitrogen and oxygen atoms in total. The molecule has 1 aliphatic rings. The summed E-state index contributed by atoms with van der Waals surface area (Å²) in [4.78, 5) is 12.1. The van der Waals surface area contributed by atoms with E-state index < -0.39 is 4.92 Å². The smallest absolute Gasteiger partial charge is 0.404 e. The van der Waals surface area contributed by atoms with Gasteiger partial charge < -0.3 is 9.73 Å². The first-order valence-corrected chi connectivity index (χ1v) is 5.78. The maximum absolute atomic E-state index is 10.6. The topological polar surface area (TPSA) is 95.3 Å². The van der Waals surface area contributed by atoms with E-state index in [-0.39, 0.29) is 43.2 Å². The van der Waals surface area contributed by atoms with E-state index in [1.807, 2.05) is 0 Å². The van der Waals surface area contributed by atoms with Gasteiger partial charge in [0.2, 0.25) is 0 Å². The minimum atomic E-state index is -0.565. The van der Waals surface area contributed by atoms with Crippen LogP contribution >= 0.6 is 24.8 Å². The first kappa shape index (κ1) is 18.7. The summed E-state index contributed by atoms with van der Waals surface area (Å²) in [6.45, 7) is 3.32. The van der Waals surface area contributed by atoms with Gasteiger partial charge >= 0.3 is 5.88 Å². The van der Waals surface area contributed by atoms with Crippen LogP contribution in [0.15, 0.2) is 16.5 Å². The van der Waals surface area contributed by atoms with Gasteiger partial charge in [-0.15, -0.1) is 24.8 Å². The molecule has 0 aliphatic carbocycles. The van der Waals surface area contributed by atoms with Crippen molar-refractivity contribution in [2.45, 2.75) is 12.5 Å². The van der Waals surface area contributed by atoms with E-state index in [1.54, 1.807) is 6.07 Å². The molecule has 0 unspecified atom stereocenters. The number of nitrogens with zero attached hydrogens (tertiary/aromatic N) is 3. The Labute approximate surface area is 128 Å². The van der Waals surface area contributed by atoms with Crippen molar-refractivity contribution >= 4 is 30.7 Å². The molecule has 9 heteroatoms. The summed E-state index contributed by atoms with van der Waals surface area (Å²) in [6.07, 6.45) is 0.269. The van der Waals surface area contributed by atoms with Gasteiger partial charge in [-0.2, -0.15) is 5.26 Å². The van der Waals surface area contributed by atoms with Crippen molar-refractivity contribution in [3.8, 4) is 6.07 Å². The van der Waals surface area contributed by atoms with E-state index in [1.165, 1.54) is 6.07 Å². The third-order valence-corrected chi connectivity index (χ3v) is 3.00. The molecule has 1 N–H and O–H groups in total. The number of nitriles is 1. The van der Waals surface area contributed by atoms with Gasteiger partial charge in [0.05, 0.1) is 24.6 Å². The Morgan fingerprint density at radius 3 is 2.60 bits per heavy atom. The number of nitrogens with one attached hydrogen (secondary N) is 1. The molecule has 1 aliphatic heterocycles. The summed E-state index contributed by atoms with van der Waals surface area (Å²) in [7, 11) is 0. The van der Waals surface area contributed by atoms with E-state index in [2.05, 4.69) is 16.3 Å².